The van der Waals surface area contributed by atoms with Gasteiger partial charge in [-0.2, -0.15) is 0 Å². The van der Waals surface area contributed by atoms with Crippen molar-refractivity contribution >= 4 is 34.2 Å². The smallest absolute Gasteiger partial charge is 0.255 e. The molecule has 0 heterocycles. The highest BCUT2D eigenvalue weighted by atomic mass is 127. The fraction of sp³-hybridized carbons (Fsp3) is 0. The lowest BCUT2D eigenvalue weighted by atomic mass is 10.0. The number of hydrogen-bond acceptors (Lipinski definition) is 1. The molecule has 1 amide bonds. The van der Waals surface area contributed by atoms with Gasteiger partial charge in [0.05, 0.1) is 0 Å². The van der Waals surface area contributed by atoms with Gasteiger partial charge >= 0.3 is 0 Å². The molecule has 0 bridgehead atoms. The molecule has 0 aliphatic rings. The first kappa shape index (κ1) is 14.8. The Morgan fingerprint density at radius 2 is 1.45 bits per heavy atom. The number of anilines is 1. The molecular weight excluding hydrogens is 385 g/mol. The quantitative estimate of drug-likeness (QED) is 0.602. The summed E-state index contributed by atoms with van der Waals surface area (Å²) in [7, 11) is 0. The lowest BCUT2D eigenvalue weighted by Crippen LogP contribution is -2.11. The first-order valence-corrected chi connectivity index (χ1v) is 8.03. The highest BCUT2D eigenvalue weighted by molar-refractivity contribution is 14.1. The van der Waals surface area contributed by atoms with Crippen LogP contribution in [0.3, 0.4) is 0 Å². The van der Waals surface area contributed by atoms with Gasteiger partial charge in [-0.25, -0.2) is 0 Å². The summed E-state index contributed by atoms with van der Waals surface area (Å²) in [6, 6.07) is 25.5. The van der Waals surface area contributed by atoms with Crippen molar-refractivity contribution in [2.24, 2.45) is 0 Å². The molecule has 22 heavy (non-hydrogen) atoms. The van der Waals surface area contributed by atoms with Gasteiger partial charge in [0.1, 0.15) is 0 Å². The van der Waals surface area contributed by atoms with Crippen LogP contribution in [0.15, 0.2) is 78.9 Å². The lowest BCUT2D eigenvalue weighted by Gasteiger charge is -2.07. The van der Waals surface area contributed by atoms with E-state index in [1.54, 1.807) is 0 Å². The van der Waals surface area contributed by atoms with Crippen molar-refractivity contribution in [3.8, 4) is 11.1 Å². The fourth-order valence-electron chi connectivity index (χ4n) is 2.21. The Morgan fingerprint density at radius 1 is 0.773 bits per heavy atom. The number of rotatable bonds is 3. The Balaban J connectivity index is 1.82. The van der Waals surface area contributed by atoms with Crippen molar-refractivity contribution in [3.05, 3.63) is 88.0 Å². The van der Waals surface area contributed by atoms with Gasteiger partial charge in [-0.05, 0) is 70.1 Å². The second-order valence-electron chi connectivity index (χ2n) is 4.91. The lowest BCUT2D eigenvalue weighted by molar-refractivity contribution is 0.102. The molecule has 0 aromatic heterocycles. The Morgan fingerprint density at radius 3 is 2.18 bits per heavy atom. The van der Waals surface area contributed by atoms with E-state index < -0.39 is 0 Å². The molecule has 3 aromatic rings. The summed E-state index contributed by atoms with van der Waals surface area (Å²) < 4.78 is 1.14. The minimum atomic E-state index is -0.0982. The molecule has 0 aliphatic carbocycles. The van der Waals surface area contributed by atoms with E-state index in [1.165, 1.54) is 0 Å². The molecule has 0 saturated heterocycles. The summed E-state index contributed by atoms with van der Waals surface area (Å²) in [4.78, 5) is 12.4. The van der Waals surface area contributed by atoms with Gasteiger partial charge < -0.3 is 5.32 Å². The van der Waals surface area contributed by atoms with E-state index in [4.69, 9.17) is 0 Å². The SMILES string of the molecule is O=C(Nc1ccc(I)cc1)c1cccc(-c2ccccc2)c1. The molecule has 108 valence electrons. The molecule has 1 N–H and O–H groups in total. The number of nitrogens with one attached hydrogen (secondary N) is 1. The van der Waals surface area contributed by atoms with Crippen LogP contribution in [0.4, 0.5) is 5.69 Å². The first-order chi connectivity index (χ1) is 10.7. The summed E-state index contributed by atoms with van der Waals surface area (Å²) in [5.74, 6) is -0.0982. The first-order valence-electron chi connectivity index (χ1n) is 6.95. The summed E-state index contributed by atoms with van der Waals surface area (Å²) >= 11 is 2.24. The summed E-state index contributed by atoms with van der Waals surface area (Å²) in [5, 5.41) is 2.92. The maximum absolute atomic E-state index is 12.4. The minimum Gasteiger partial charge on any atom is -0.322 e. The number of halogens is 1. The second-order valence-corrected chi connectivity index (χ2v) is 6.15. The fourth-order valence-corrected chi connectivity index (χ4v) is 2.57. The predicted octanol–water partition coefficient (Wildman–Crippen LogP) is 5.21. The van der Waals surface area contributed by atoms with Crippen molar-refractivity contribution in [1.82, 2.24) is 0 Å². The molecule has 0 saturated carbocycles. The van der Waals surface area contributed by atoms with Gasteiger partial charge in [0.25, 0.3) is 5.91 Å². The molecular formula is C19H14INO. The van der Waals surface area contributed by atoms with Crippen LogP contribution in [0.2, 0.25) is 0 Å². The normalized spacial score (nSPS) is 10.2. The zero-order valence-corrected chi connectivity index (χ0v) is 13.9. The number of benzene rings is 3. The van der Waals surface area contributed by atoms with Gasteiger partial charge in [-0.1, -0.05) is 42.5 Å². The topological polar surface area (TPSA) is 29.1 Å². The second kappa shape index (κ2) is 6.75. The summed E-state index contributed by atoms with van der Waals surface area (Å²) in [6.45, 7) is 0. The van der Waals surface area contributed by atoms with Crippen LogP contribution < -0.4 is 5.32 Å². The standard InChI is InChI=1S/C19H14INO/c20-17-9-11-18(12-10-17)21-19(22)16-8-4-7-15(13-16)14-5-2-1-3-6-14/h1-13H,(H,21,22). The molecule has 3 rings (SSSR count). The largest absolute Gasteiger partial charge is 0.322 e. The maximum atomic E-state index is 12.4. The van der Waals surface area contributed by atoms with E-state index >= 15 is 0 Å². The van der Waals surface area contributed by atoms with Gasteiger partial charge in [-0.3, -0.25) is 4.79 Å². The molecule has 0 radical (unpaired) electrons. The number of carbonyl (C=O) groups is 1. The molecule has 3 aromatic carbocycles. The van der Waals surface area contributed by atoms with Gasteiger partial charge in [0.15, 0.2) is 0 Å². The van der Waals surface area contributed by atoms with Crippen LogP contribution in [-0.2, 0) is 0 Å². The van der Waals surface area contributed by atoms with Crippen molar-refractivity contribution in [3.63, 3.8) is 0 Å². The van der Waals surface area contributed by atoms with Crippen LogP contribution in [-0.4, -0.2) is 5.91 Å². The third-order valence-electron chi connectivity index (χ3n) is 3.33. The van der Waals surface area contributed by atoms with E-state index in [0.717, 1.165) is 20.4 Å². The van der Waals surface area contributed by atoms with E-state index in [-0.39, 0.29) is 5.91 Å². The zero-order valence-electron chi connectivity index (χ0n) is 11.8. The van der Waals surface area contributed by atoms with Crippen LogP contribution in [0.1, 0.15) is 10.4 Å². The minimum absolute atomic E-state index is 0.0982. The highest BCUT2D eigenvalue weighted by Crippen LogP contribution is 2.20. The highest BCUT2D eigenvalue weighted by Gasteiger charge is 2.07. The Bertz CT molecular complexity index is 782. The molecule has 0 spiro atoms. The monoisotopic (exact) mass is 399 g/mol. The Hall–Kier alpha value is -2.14. The third kappa shape index (κ3) is 3.54. The maximum Gasteiger partial charge on any atom is 0.255 e. The molecule has 3 heteroatoms. The average molecular weight is 399 g/mol. The number of amides is 1. The van der Waals surface area contributed by atoms with Crippen molar-refractivity contribution in [1.29, 1.82) is 0 Å². The molecule has 0 aliphatic heterocycles. The molecule has 0 atom stereocenters. The average Bonchev–Trinajstić information content (AvgIpc) is 2.58. The van der Waals surface area contributed by atoms with Gasteiger partial charge in [-0.15, -0.1) is 0 Å². The molecule has 0 fully saturated rings. The molecule has 0 unspecified atom stereocenters. The van der Waals surface area contributed by atoms with Crippen molar-refractivity contribution < 1.29 is 4.79 Å². The Kier molecular flexibility index (Phi) is 4.53. The van der Waals surface area contributed by atoms with Crippen LogP contribution >= 0.6 is 22.6 Å². The zero-order chi connectivity index (χ0) is 15.4. The third-order valence-corrected chi connectivity index (χ3v) is 4.05. The number of carbonyl (C=O) groups excluding carboxylic acids is 1. The van der Waals surface area contributed by atoms with Crippen LogP contribution in [0, 0.1) is 3.57 Å². The van der Waals surface area contributed by atoms with Crippen LogP contribution in [0.25, 0.3) is 11.1 Å². The Labute approximate surface area is 143 Å². The summed E-state index contributed by atoms with van der Waals surface area (Å²) in [6.07, 6.45) is 0. The van der Waals surface area contributed by atoms with Crippen molar-refractivity contribution in [2.45, 2.75) is 0 Å². The van der Waals surface area contributed by atoms with Crippen LogP contribution in [0.5, 0.6) is 0 Å². The van der Waals surface area contributed by atoms with E-state index in [0.29, 0.717) is 5.56 Å². The summed E-state index contributed by atoms with van der Waals surface area (Å²) in [5.41, 5.74) is 3.60. The van der Waals surface area contributed by atoms with Gasteiger partial charge in [0, 0.05) is 14.8 Å². The number of hydrogen-bond donors (Lipinski definition) is 1. The van der Waals surface area contributed by atoms with E-state index in [9.17, 15) is 4.79 Å². The van der Waals surface area contributed by atoms with E-state index in [1.807, 2.05) is 78.9 Å². The predicted molar refractivity (Wildman–Crippen MR) is 99.0 cm³/mol. The van der Waals surface area contributed by atoms with E-state index in [2.05, 4.69) is 27.9 Å². The van der Waals surface area contributed by atoms with Crippen molar-refractivity contribution in [2.75, 3.05) is 5.32 Å². The molecule has 2 nitrogen and oxygen atoms in total. The van der Waals surface area contributed by atoms with Gasteiger partial charge in [0.2, 0.25) is 0 Å².